The molecule has 13 heavy (non-hydrogen) atoms. The van der Waals surface area contributed by atoms with Crippen molar-refractivity contribution >= 4 is 28.9 Å². The quantitative estimate of drug-likeness (QED) is 0.783. The van der Waals surface area contributed by atoms with Gasteiger partial charge in [-0.2, -0.15) is 0 Å². The van der Waals surface area contributed by atoms with Crippen molar-refractivity contribution < 1.29 is 0 Å². The van der Waals surface area contributed by atoms with Crippen LogP contribution in [0.25, 0.3) is 10.6 Å². The molecule has 0 aliphatic heterocycles. The summed E-state index contributed by atoms with van der Waals surface area (Å²) in [6.45, 7) is 0. The molecule has 0 fully saturated rings. The van der Waals surface area contributed by atoms with Crippen molar-refractivity contribution in [2.45, 2.75) is 0 Å². The van der Waals surface area contributed by atoms with E-state index in [1.54, 1.807) is 12.4 Å². The molecule has 0 aliphatic rings. The van der Waals surface area contributed by atoms with Gasteiger partial charge in [-0.1, -0.05) is 11.3 Å². The third-order valence-electron chi connectivity index (χ3n) is 1.35. The first-order valence-electron chi connectivity index (χ1n) is 3.35. The molecule has 0 atom stereocenters. The van der Waals surface area contributed by atoms with Gasteiger partial charge in [0.05, 0.1) is 0 Å². The highest BCUT2D eigenvalue weighted by Gasteiger charge is 2.02. The van der Waals surface area contributed by atoms with Crippen LogP contribution < -0.4 is 5.73 Å². The number of rotatable bonds is 1. The van der Waals surface area contributed by atoms with Gasteiger partial charge < -0.3 is 5.73 Å². The monoisotopic (exact) mass is 214 g/mol. The lowest BCUT2D eigenvalue weighted by molar-refractivity contribution is 1.10. The Kier molecular flexibility index (Phi) is 3.16. The first-order chi connectivity index (χ1) is 5.86. The maximum atomic E-state index is 5.44. The second-order valence-corrected chi connectivity index (χ2v) is 3.20. The Labute approximate surface area is 85.2 Å². The van der Waals surface area contributed by atoms with Crippen molar-refractivity contribution in [1.82, 2.24) is 15.2 Å². The summed E-state index contributed by atoms with van der Waals surface area (Å²) >= 11 is 1.36. The average Bonchev–Trinajstić information content (AvgIpc) is 2.54. The molecule has 2 rings (SSSR count). The maximum absolute atomic E-state index is 5.44. The van der Waals surface area contributed by atoms with Crippen LogP contribution in [0.1, 0.15) is 0 Å². The predicted molar refractivity (Wildman–Crippen MR) is 54.8 cm³/mol. The zero-order valence-corrected chi connectivity index (χ0v) is 8.18. The molecule has 0 spiro atoms. The summed E-state index contributed by atoms with van der Waals surface area (Å²) in [5.41, 5.74) is 6.39. The first-order valence-corrected chi connectivity index (χ1v) is 4.17. The van der Waals surface area contributed by atoms with Gasteiger partial charge in [-0.15, -0.1) is 22.6 Å². The predicted octanol–water partition coefficient (Wildman–Crippen LogP) is 1.60. The second kappa shape index (κ2) is 4.15. The standard InChI is InChI=1S/C7H6N4S.ClH/c8-7-11-10-6(12-7)5-2-1-3-9-4-5;/h1-4H,(H2,8,11);1H. The number of hydrogen-bond donors (Lipinski definition) is 1. The smallest absolute Gasteiger partial charge is 0.203 e. The van der Waals surface area contributed by atoms with Crippen LogP contribution in [0, 0.1) is 0 Å². The fraction of sp³-hybridized carbons (Fsp3) is 0. The largest absolute Gasteiger partial charge is 0.374 e. The molecule has 0 saturated heterocycles. The molecule has 2 aromatic heterocycles. The third-order valence-corrected chi connectivity index (χ3v) is 2.15. The van der Waals surface area contributed by atoms with Gasteiger partial charge in [-0.3, -0.25) is 4.98 Å². The number of pyridine rings is 1. The molecule has 0 unspecified atom stereocenters. The zero-order valence-electron chi connectivity index (χ0n) is 6.54. The summed E-state index contributed by atoms with van der Waals surface area (Å²) in [4.78, 5) is 3.97. The Morgan fingerprint density at radius 3 is 2.69 bits per heavy atom. The van der Waals surface area contributed by atoms with Gasteiger partial charge in [0.2, 0.25) is 5.13 Å². The molecule has 2 aromatic rings. The number of halogens is 1. The highest BCUT2D eigenvalue weighted by Crippen LogP contribution is 2.22. The minimum absolute atomic E-state index is 0. The van der Waals surface area contributed by atoms with E-state index in [4.69, 9.17) is 5.73 Å². The molecule has 68 valence electrons. The van der Waals surface area contributed by atoms with Crippen molar-refractivity contribution in [1.29, 1.82) is 0 Å². The molecule has 0 aliphatic carbocycles. The Hall–Kier alpha value is -1.20. The van der Waals surface area contributed by atoms with Crippen LogP contribution in [0.3, 0.4) is 0 Å². The van der Waals surface area contributed by atoms with Gasteiger partial charge in [-0.25, -0.2) is 0 Å². The fourth-order valence-corrected chi connectivity index (χ4v) is 1.44. The molecule has 0 aromatic carbocycles. The number of nitrogen functional groups attached to an aromatic ring is 1. The van der Waals surface area contributed by atoms with E-state index in [0.29, 0.717) is 5.13 Å². The molecule has 0 radical (unpaired) electrons. The van der Waals surface area contributed by atoms with E-state index in [2.05, 4.69) is 15.2 Å². The second-order valence-electron chi connectivity index (χ2n) is 2.19. The molecule has 0 saturated carbocycles. The zero-order chi connectivity index (χ0) is 8.39. The number of nitrogens with zero attached hydrogens (tertiary/aromatic N) is 3. The van der Waals surface area contributed by atoms with Gasteiger partial charge >= 0.3 is 0 Å². The lowest BCUT2D eigenvalue weighted by atomic mass is 10.3. The van der Waals surface area contributed by atoms with E-state index in [1.807, 2.05) is 12.1 Å². The van der Waals surface area contributed by atoms with Crippen LogP contribution in [0.15, 0.2) is 24.5 Å². The van der Waals surface area contributed by atoms with Crippen LogP contribution in [-0.4, -0.2) is 15.2 Å². The van der Waals surface area contributed by atoms with Crippen molar-refractivity contribution in [3.05, 3.63) is 24.5 Å². The van der Waals surface area contributed by atoms with E-state index >= 15 is 0 Å². The lowest BCUT2D eigenvalue weighted by Gasteiger charge is -1.89. The highest BCUT2D eigenvalue weighted by molar-refractivity contribution is 7.18. The van der Waals surface area contributed by atoms with Crippen molar-refractivity contribution in [3.63, 3.8) is 0 Å². The molecule has 6 heteroatoms. The number of nitrogens with two attached hydrogens (primary N) is 1. The molecule has 0 bridgehead atoms. The van der Waals surface area contributed by atoms with E-state index in [-0.39, 0.29) is 12.4 Å². The van der Waals surface area contributed by atoms with E-state index in [0.717, 1.165) is 10.6 Å². The van der Waals surface area contributed by atoms with E-state index in [1.165, 1.54) is 11.3 Å². The summed E-state index contributed by atoms with van der Waals surface area (Å²) in [5.74, 6) is 0. The number of anilines is 1. The van der Waals surface area contributed by atoms with Gasteiger partial charge in [0.25, 0.3) is 0 Å². The van der Waals surface area contributed by atoms with Crippen LogP contribution >= 0.6 is 23.7 Å². The molecule has 2 heterocycles. The Morgan fingerprint density at radius 1 is 1.31 bits per heavy atom. The van der Waals surface area contributed by atoms with Crippen LogP contribution in [-0.2, 0) is 0 Å². The highest BCUT2D eigenvalue weighted by atomic mass is 35.5. The molecule has 0 amide bonds. The fourth-order valence-electron chi connectivity index (χ4n) is 0.840. The topological polar surface area (TPSA) is 64.7 Å². The molecule has 4 nitrogen and oxygen atoms in total. The van der Waals surface area contributed by atoms with Gasteiger partial charge in [-0.05, 0) is 12.1 Å². The number of aromatic nitrogens is 3. The third kappa shape index (κ3) is 2.13. The minimum Gasteiger partial charge on any atom is -0.374 e. The SMILES string of the molecule is Cl.Nc1nnc(-c2cccnc2)s1. The Morgan fingerprint density at radius 2 is 2.15 bits per heavy atom. The van der Waals surface area contributed by atoms with Gasteiger partial charge in [0.15, 0.2) is 5.01 Å². The Bertz CT molecular complexity index is 375. The van der Waals surface area contributed by atoms with Crippen molar-refractivity contribution in [2.75, 3.05) is 5.73 Å². The van der Waals surface area contributed by atoms with Gasteiger partial charge in [0.1, 0.15) is 0 Å². The molecular formula is C7H7ClN4S. The van der Waals surface area contributed by atoms with Crippen LogP contribution in [0.2, 0.25) is 0 Å². The van der Waals surface area contributed by atoms with Crippen LogP contribution in [0.4, 0.5) is 5.13 Å². The van der Waals surface area contributed by atoms with E-state index < -0.39 is 0 Å². The number of hydrogen-bond acceptors (Lipinski definition) is 5. The summed E-state index contributed by atoms with van der Waals surface area (Å²) in [7, 11) is 0. The normalized spacial score (nSPS) is 9.23. The Balaban J connectivity index is 0.000000845. The summed E-state index contributed by atoms with van der Waals surface area (Å²) in [6, 6.07) is 3.78. The van der Waals surface area contributed by atoms with Gasteiger partial charge in [0, 0.05) is 18.0 Å². The average molecular weight is 215 g/mol. The van der Waals surface area contributed by atoms with Crippen LogP contribution in [0.5, 0.6) is 0 Å². The maximum Gasteiger partial charge on any atom is 0.203 e. The van der Waals surface area contributed by atoms with E-state index in [9.17, 15) is 0 Å². The molecular weight excluding hydrogens is 208 g/mol. The minimum atomic E-state index is 0. The summed E-state index contributed by atoms with van der Waals surface area (Å²) in [5, 5.41) is 8.89. The van der Waals surface area contributed by atoms with Crippen molar-refractivity contribution in [2.24, 2.45) is 0 Å². The van der Waals surface area contributed by atoms with Crippen molar-refractivity contribution in [3.8, 4) is 10.6 Å². The first kappa shape index (κ1) is 9.88. The molecule has 2 N–H and O–H groups in total. The summed E-state index contributed by atoms with van der Waals surface area (Å²) < 4.78 is 0. The lowest BCUT2D eigenvalue weighted by Crippen LogP contribution is -1.80. The summed E-state index contributed by atoms with van der Waals surface area (Å²) in [6.07, 6.45) is 3.45.